The van der Waals surface area contributed by atoms with Gasteiger partial charge in [-0.3, -0.25) is 4.79 Å². The fourth-order valence-corrected chi connectivity index (χ4v) is 7.04. The predicted molar refractivity (Wildman–Crippen MR) is 128 cm³/mol. The molecule has 2 bridgehead atoms. The Morgan fingerprint density at radius 2 is 1.62 bits per heavy atom. The first-order valence-electron chi connectivity index (χ1n) is 12.4. The molecular weight excluding hydrogens is 509 g/mol. The molecular formula is C26H29F3N2O5S. The van der Waals surface area contributed by atoms with Gasteiger partial charge in [0.2, 0.25) is 5.91 Å². The summed E-state index contributed by atoms with van der Waals surface area (Å²) in [5.74, 6) is -2.87. The van der Waals surface area contributed by atoms with Crippen molar-refractivity contribution in [1.29, 1.82) is 0 Å². The lowest BCUT2D eigenvalue weighted by Crippen LogP contribution is -2.50. The Hall–Kier alpha value is -2.79. The van der Waals surface area contributed by atoms with E-state index in [1.54, 1.807) is 11.0 Å². The average molecular weight is 539 g/mol. The van der Waals surface area contributed by atoms with E-state index in [0.29, 0.717) is 43.6 Å². The zero-order chi connectivity index (χ0) is 26.3. The number of nitrogens with two attached hydrogens (primary N) is 1. The van der Waals surface area contributed by atoms with Gasteiger partial charge in [-0.2, -0.15) is 0 Å². The predicted octanol–water partition coefficient (Wildman–Crippen LogP) is 3.38. The minimum Gasteiger partial charge on any atom is -0.486 e. The Morgan fingerprint density at radius 3 is 2.32 bits per heavy atom. The molecule has 2 aromatic carbocycles. The topological polar surface area (TPSA) is 98.9 Å². The van der Waals surface area contributed by atoms with Crippen molar-refractivity contribution in [2.75, 3.05) is 19.0 Å². The molecule has 37 heavy (non-hydrogen) atoms. The van der Waals surface area contributed by atoms with Crippen molar-refractivity contribution in [2.45, 2.75) is 61.5 Å². The van der Waals surface area contributed by atoms with Gasteiger partial charge in [0.05, 0.1) is 10.6 Å². The maximum Gasteiger partial charge on any atom is 0.224 e. The van der Waals surface area contributed by atoms with Gasteiger partial charge in [-0.05, 0) is 61.8 Å². The summed E-state index contributed by atoms with van der Waals surface area (Å²) in [6.07, 6.45) is 2.70. The summed E-state index contributed by atoms with van der Waals surface area (Å²) in [5, 5.41) is 0. The molecule has 1 unspecified atom stereocenters. The molecule has 7 nitrogen and oxygen atoms in total. The highest BCUT2D eigenvalue weighted by atomic mass is 32.2. The molecule has 2 fully saturated rings. The quantitative estimate of drug-likeness (QED) is 0.543. The van der Waals surface area contributed by atoms with Crippen LogP contribution in [0.5, 0.6) is 11.5 Å². The van der Waals surface area contributed by atoms with E-state index in [9.17, 15) is 26.4 Å². The van der Waals surface area contributed by atoms with Gasteiger partial charge in [-0.15, -0.1) is 0 Å². The summed E-state index contributed by atoms with van der Waals surface area (Å²) in [6, 6.07) is 5.20. The molecule has 2 saturated heterocycles. The Bertz CT molecular complexity index is 1290. The zero-order valence-electron chi connectivity index (χ0n) is 20.2. The van der Waals surface area contributed by atoms with Crippen molar-refractivity contribution in [2.24, 2.45) is 11.7 Å². The smallest absolute Gasteiger partial charge is 0.224 e. The highest BCUT2D eigenvalue weighted by Crippen LogP contribution is 2.41. The minimum absolute atomic E-state index is 0.0180. The van der Waals surface area contributed by atoms with Gasteiger partial charge in [-0.25, -0.2) is 21.6 Å². The number of sulfone groups is 1. The maximum absolute atomic E-state index is 14.1. The Kier molecular flexibility index (Phi) is 7.10. The number of nitrogens with zero attached hydrogens (tertiary/aromatic N) is 1. The fourth-order valence-electron chi connectivity index (χ4n) is 5.80. The number of carbonyl (C=O) groups is 1. The minimum atomic E-state index is -3.71. The van der Waals surface area contributed by atoms with Gasteiger partial charge in [0.15, 0.2) is 33.0 Å². The summed E-state index contributed by atoms with van der Waals surface area (Å²) in [7, 11) is -3.71. The maximum atomic E-state index is 14.1. The first-order valence-corrected chi connectivity index (χ1v) is 14.1. The summed E-state index contributed by atoms with van der Waals surface area (Å²) in [4.78, 5) is 15.0. The second-order valence-electron chi connectivity index (χ2n) is 10.0. The van der Waals surface area contributed by atoms with Crippen LogP contribution in [0.25, 0.3) is 0 Å². The Morgan fingerprint density at radius 1 is 0.973 bits per heavy atom. The Labute approximate surface area is 213 Å². The lowest BCUT2D eigenvalue weighted by Gasteiger charge is -2.41. The first-order chi connectivity index (χ1) is 17.6. The molecule has 0 saturated carbocycles. The molecule has 200 valence electrons. The van der Waals surface area contributed by atoms with E-state index in [2.05, 4.69) is 0 Å². The molecule has 4 atom stereocenters. The summed E-state index contributed by atoms with van der Waals surface area (Å²) < 4.78 is 77.7. The van der Waals surface area contributed by atoms with E-state index in [1.165, 1.54) is 12.1 Å². The number of halogens is 3. The highest BCUT2D eigenvalue weighted by Gasteiger charge is 2.44. The third-order valence-corrected chi connectivity index (χ3v) is 9.38. The number of ether oxygens (including phenoxy) is 2. The third kappa shape index (κ3) is 5.29. The molecule has 3 heterocycles. The molecule has 0 radical (unpaired) electrons. The second-order valence-corrected chi connectivity index (χ2v) is 12.1. The van der Waals surface area contributed by atoms with Crippen LogP contribution in [0.2, 0.25) is 0 Å². The van der Waals surface area contributed by atoms with E-state index in [4.69, 9.17) is 15.2 Å². The first kappa shape index (κ1) is 25.8. The van der Waals surface area contributed by atoms with Crippen molar-refractivity contribution in [1.82, 2.24) is 4.90 Å². The van der Waals surface area contributed by atoms with E-state index in [-0.39, 0.29) is 53.0 Å². The van der Waals surface area contributed by atoms with E-state index >= 15 is 0 Å². The molecule has 11 heteroatoms. The molecule has 0 aromatic heterocycles. The molecule has 0 spiro atoms. The highest BCUT2D eigenvalue weighted by molar-refractivity contribution is 7.91. The molecule has 1 amide bonds. The van der Waals surface area contributed by atoms with E-state index in [0.717, 1.165) is 18.9 Å². The average Bonchev–Trinajstić information content (AvgIpc) is 3.14. The standard InChI is InChI=1S/C26H29F3N2O5S/c27-20-14-22(29)21(28)11-15(20)12-23(30)16-9-17-1-2-18(10-16)31(17)26(32)5-8-37(33,34)19-3-4-24-25(13-19)36-7-6-35-24/h3-4,11,13-14,16-18,23H,1-2,5-10,12,30H2/t16?,17-,18+,23-/m1/s1. The number of amides is 1. The molecule has 3 aliphatic rings. The van der Waals surface area contributed by atoms with Gasteiger partial charge < -0.3 is 20.1 Å². The van der Waals surface area contributed by atoms with Crippen LogP contribution < -0.4 is 15.2 Å². The number of piperidine rings is 1. The third-order valence-electron chi connectivity index (χ3n) is 7.67. The van der Waals surface area contributed by atoms with Crippen LogP contribution in [0.15, 0.2) is 35.2 Å². The molecule has 3 aliphatic heterocycles. The fraction of sp³-hybridized carbons (Fsp3) is 0.500. The van der Waals surface area contributed by atoms with Crippen LogP contribution in [0.4, 0.5) is 13.2 Å². The van der Waals surface area contributed by atoms with Gasteiger partial charge in [0.1, 0.15) is 19.0 Å². The molecule has 5 rings (SSSR count). The van der Waals surface area contributed by atoms with Crippen molar-refractivity contribution < 1.29 is 35.9 Å². The van der Waals surface area contributed by atoms with Gasteiger partial charge >= 0.3 is 0 Å². The monoisotopic (exact) mass is 538 g/mol. The number of benzene rings is 2. The van der Waals surface area contributed by atoms with Crippen LogP contribution in [0.1, 0.15) is 37.7 Å². The van der Waals surface area contributed by atoms with Crippen molar-refractivity contribution in [3.8, 4) is 11.5 Å². The number of hydrogen-bond donors (Lipinski definition) is 1. The van der Waals surface area contributed by atoms with E-state index < -0.39 is 33.3 Å². The van der Waals surface area contributed by atoms with Crippen LogP contribution in [-0.4, -0.2) is 56.3 Å². The number of hydrogen-bond acceptors (Lipinski definition) is 6. The lowest BCUT2D eigenvalue weighted by atomic mass is 9.82. The largest absolute Gasteiger partial charge is 0.486 e. The molecule has 2 N–H and O–H groups in total. The van der Waals surface area contributed by atoms with Crippen molar-refractivity contribution in [3.63, 3.8) is 0 Å². The van der Waals surface area contributed by atoms with Gasteiger partial charge in [0.25, 0.3) is 0 Å². The van der Waals surface area contributed by atoms with Gasteiger partial charge in [-0.1, -0.05) is 0 Å². The number of carbonyl (C=O) groups excluding carboxylic acids is 1. The van der Waals surface area contributed by atoms with Crippen molar-refractivity contribution >= 4 is 15.7 Å². The molecule has 0 aliphatic carbocycles. The summed E-state index contributed by atoms with van der Waals surface area (Å²) >= 11 is 0. The Balaban J connectivity index is 1.19. The van der Waals surface area contributed by atoms with Crippen LogP contribution in [-0.2, 0) is 21.1 Å². The number of fused-ring (bicyclic) bond motifs is 3. The normalized spacial score (nSPS) is 23.7. The van der Waals surface area contributed by atoms with Crippen LogP contribution in [0.3, 0.4) is 0 Å². The lowest BCUT2D eigenvalue weighted by molar-refractivity contribution is -0.136. The second kappa shape index (κ2) is 10.2. The van der Waals surface area contributed by atoms with Crippen LogP contribution >= 0.6 is 0 Å². The van der Waals surface area contributed by atoms with Crippen LogP contribution in [0, 0.1) is 23.4 Å². The summed E-state index contributed by atoms with van der Waals surface area (Å²) in [5.41, 5.74) is 6.38. The summed E-state index contributed by atoms with van der Waals surface area (Å²) in [6.45, 7) is 0.742. The number of rotatable bonds is 7. The zero-order valence-corrected chi connectivity index (χ0v) is 21.0. The SMILES string of the molecule is N[C@H](Cc1cc(F)c(F)cc1F)C1C[C@H]2CC[C@@H](C1)N2C(=O)CCS(=O)(=O)c1ccc2c(c1)OCCO2. The van der Waals surface area contributed by atoms with Crippen molar-refractivity contribution in [3.05, 3.63) is 53.3 Å². The molecule has 2 aromatic rings. The van der Waals surface area contributed by atoms with E-state index in [1.807, 2.05) is 0 Å². The van der Waals surface area contributed by atoms with Gasteiger partial charge in [0, 0.05) is 36.7 Å².